The van der Waals surface area contributed by atoms with Gasteiger partial charge in [0.15, 0.2) is 5.17 Å². The molecular weight excluding hydrogens is 346 g/mol. The molecule has 2 aromatic rings. The number of carbonyl (C=O) groups excluding carboxylic acids is 2. The summed E-state index contributed by atoms with van der Waals surface area (Å²) in [5.41, 5.74) is 1.36. The molecule has 1 saturated heterocycles. The second-order valence-corrected chi connectivity index (χ2v) is 6.74. The van der Waals surface area contributed by atoms with Crippen molar-refractivity contribution < 1.29 is 9.59 Å². The Morgan fingerprint density at radius 2 is 1.88 bits per heavy atom. The predicted octanol–water partition coefficient (Wildman–Crippen LogP) is 3.59. The Hall–Kier alpha value is -2.31. The zero-order chi connectivity index (χ0) is 16.9. The zero-order valence-electron chi connectivity index (χ0n) is 12.5. The van der Waals surface area contributed by atoms with Crippen molar-refractivity contribution in [2.24, 2.45) is 4.99 Å². The van der Waals surface area contributed by atoms with Crippen LogP contribution in [0.4, 0.5) is 11.4 Å². The monoisotopic (exact) mass is 359 g/mol. The van der Waals surface area contributed by atoms with Crippen LogP contribution in [0, 0.1) is 0 Å². The predicted molar refractivity (Wildman–Crippen MR) is 97.8 cm³/mol. The highest BCUT2D eigenvalue weighted by atomic mass is 35.5. The van der Waals surface area contributed by atoms with Crippen LogP contribution in [0.5, 0.6) is 0 Å². The molecule has 1 atom stereocenters. The molecule has 7 heteroatoms. The van der Waals surface area contributed by atoms with Gasteiger partial charge in [-0.05, 0) is 36.4 Å². The Morgan fingerprint density at radius 1 is 1.17 bits per heavy atom. The number of amides is 2. The van der Waals surface area contributed by atoms with E-state index in [1.54, 1.807) is 24.3 Å². The molecule has 2 amide bonds. The molecule has 0 unspecified atom stereocenters. The molecule has 1 fully saturated rings. The number of rotatable bonds is 3. The van der Waals surface area contributed by atoms with Crippen LogP contribution in [0.1, 0.15) is 6.42 Å². The summed E-state index contributed by atoms with van der Waals surface area (Å²) < 4.78 is 0. The zero-order valence-corrected chi connectivity index (χ0v) is 14.1. The number of aliphatic imine (C=N–C) groups is 1. The summed E-state index contributed by atoms with van der Waals surface area (Å²) >= 11 is 7.07. The van der Waals surface area contributed by atoms with Crippen LogP contribution in [0.2, 0.25) is 5.02 Å². The number of thioether (sulfide) groups is 1. The molecule has 0 spiro atoms. The molecule has 1 heterocycles. The molecule has 5 nitrogen and oxygen atoms in total. The number of nitrogens with one attached hydrogen (secondary N) is 2. The number of halogens is 1. The van der Waals surface area contributed by atoms with Crippen molar-refractivity contribution >= 4 is 51.7 Å². The number of carbonyl (C=O) groups is 2. The molecule has 1 aliphatic rings. The summed E-state index contributed by atoms with van der Waals surface area (Å²) in [6, 6.07) is 16.1. The minimum atomic E-state index is -0.531. The molecule has 122 valence electrons. The van der Waals surface area contributed by atoms with Gasteiger partial charge >= 0.3 is 0 Å². The van der Waals surface area contributed by atoms with Gasteiger partial charge in [-0.15, -0.1) is 0 Å². The summed E-state index contributed by atoms with van der Waals surface area (Å²) in [6.07, 6.45) is 0.109. The Bertz CT molecular complexity index is 778. The van der Waals surface area contributed by atoms with Gasteiger partial charge in [-0.25, -0.2) is 4.99 Å². The van der Waals surface area contributed by atoms with E-state index in [1.165, 1.54) is 11.8 Å². The largest absolute Gasteiger partial charge is 0.325 e. The lowest BCUT2D eigenvalue weighted by atomic mass is 10.2. The number of hydrogen-bond donors (Lipinski definition) is 2. The molecule has 0 aliphatic carbocycles. The van der Waals surface area contributed by atoms with Gasteiger partial charge in [0.2, 0.25) is 11.8 Å². The van der Waals surface area contributed by atoms with E-state index in [-0.39, 0.29) is 18.2 Å². The van der Waals surface area contributed by atoms with Crippen LogP contribution >= 0.6 is 23.4 Å². The van der Waals surface area contributed by atoms with Crippen molar-refractivity contribution in [1.29, 1.82) is 0 Å². The average Bonchev–Trinajstić information content (AvgIpc) is 2.57. The Kier molecular flexibility index (Phi) is 5.17. The molecule has 2 aromatic carbocycles. The van der Waals surface area contributed by atoms with Crippen LogP contribution < -0.4 is 10.6 Å². The minimum Gasteiger partial charge on any atom is -0.325 e. The van der Waals surface area contributed by atoms with E-state index in [4.69, 9.17) is 11.6 Å². The normalized spacial score (nSPS) is 19.0. The molecule has 0 radical (unpaired) electrons. The Balaban J connectivity index is 1.71. The Labute approximate surface area is 148 Å². The van der Waals surface area contributed by atoms with Gasteiger partial charge < -0.3 is 10.6 Å². The molecule has 0 saturated carbocycles. The number of benzene rings is 2. The summed E-state index contributed by atoms with van der Waals surface area (Å²) in [5.74, 6) is -0.461. The first-order valence-electron chi connectivity index (χ1n) is 7.27. The van der Waals surface area contributed by atoms with Crippen molar-refractivity contribution in [1.82, 2.24) is 5.32 Å². The van der Waals surface area contributed by atoms with E-state index >= 15 is 0 Å². The fourth-order valence-corrected chi connectivity index (χ4v) is 3.25. The van der Waals surface area contributed by atoms with E-state index in [9.17, 15) is 9.59 Å². The van der Waals surface area contributed by atoms with Crippen LogP contribution in [0.25, 0.3) is 0 Å². The summed E-state index contributed by atoms with van der Waals surface area (Å²) in [5, 5.41) is 5.98. The fourth-order valence-electron chi connectivity index (χ4n) is 2.12. The number of amidine groups is 1. The van der Waals surface area contributed by atoms with Gasteiger partial charge in [-0.3, -0.25) is 9.59 Å². The van der Waals surface area contributed by atoms with Crippen LogP contribution in [0.15, 0.2) is 59.6 Å². The van der Waals surface area contributed by atoms with E-state index in [1.807, 2.05) is 30.3 Å². The maximum atomic E-state index is 12.4. The van der Waals surface area contributed by atoms with Gasteiger partial charge in [-0.1, -0.05) is 41.6 Å². The first-order chi connectivity index (χ1) is 11.6. The minimum absolute atomic E-state index is 0.109. The smallest absolute Gasteiger partial charge is 0.238 e. The van der Waals surface area contributed by atoms with Crippen LogP contribution in [0.3, 0.4) is 0 Å². The third-order valence-corrected chi connectivity index (χ3v) is 4.60. The van der Waals surface area contributed by atoms with E-state index in [0.717, 1.165) is 5.69 Å². The lowest BCUT2D eigenvalue weighted by Gasteiger charge is -2.22. The SMILES string of the molecule is O=C1C[C@H](C(=O)Nc2ccc(Cl)cc2)SC(=Nc2ccccc2)N1. The third-order valence-electron chi connectivity index (χ3n) is 3.26. The lowest BCUT2D eigenvalue weighted by molar-refractivity contribution is -0.123. The maximum absolute atomic E-state index is 12.4. The number of hydrogen-bond acceptors (Lipinski definition) is 4. The van der Waals surface area contributed by atoms with E-state index < -0.39 is 5.25 Å². The van der Waals surface area contributed by atoms with Gasteiger partial charge in [0, 0.05) is 17.1 Å². The molecule has 0 bridgehead atoms. The highest BCUT2D eigenvalue weighted by Crippen LogP contribution is 2.25. The van der Waals surface area contributed by atoms with Crippen molar-refractivity contribution in [2.45, 2.75) is 11.7 Å². The maximum Gasteiger partial charge on any atom is 0.238 e. The summed E-state index contributed by atoms with van der Waals surface area (Å²) in [7, 11) is 0. The quantitative estimate of drug-likeness (QED) is 0.879. The fraction of sp³-hybridized carbons (Fsp3) is 0.118. The first-order valence-corrected chi connectivity index (χ1v) is 8.52. The van der Waals surface area contributed by atoms with Gasteiger partial charge in [0.05, 0.1) is 5.69 Å². The van der Waals surface area contributed by atoms with Gasteiger partial charge in [0.25, 0.3) is 0 Å². The van der Waals surface area contributed by atoms with E-state index in [2.05, 4.69) is 15.6 Å². The Morgan fingerprint density at radius 3 is 2.58 bits per heavy atom. The molecule has 0 aromatic heterocycles. The topological polar surface area (TPSA) is 70.6 Å². The highest BCUT2D eigenvalue weighted by Gasteiger charge is 2.30. The number of nitrogens with zero attached hydrogens (tertiary/aromatic N) is 1. The molecule has 2 N–H and O–H groups in total. The van der Waals surface area contributed by atoms with Crippen molar-refractivity contribution in [3.8, 4) is 0 Å². The second-order valence-electron chi connectivity index (χ2n) is 5.11. The van der Waals surface area contributed by atoms with Crippen LogP contribution in [-0.4, -0.2) is 22.2 Å². The third kappa shape index (κ3) is 4.37. The standard InChI is InChI=1S/C17H14ClN3O2S/c18-11-6-8-13(9-7-11)19-16(23)14-10-15(22)21-17(24-14)20-12-4-2-1-3-5-12/h1-9,14H,10H2,(H,19,23)(H,20,21,22)/t14-/m1/s1. The lowest BCUT2D eigenvalue weighted by Crippen LogP contribution is -2.41. The molecular formula is C17H14ClN3O2S. The second kappa shape index (κ2) is 7.51. The summed E-state index contributed by atoms with van der Waals surface area (Å²) in [6.45, 7) is 0. The molecule has 3 rings (SSSR count). The first kappa shape index (κ1) is 16.5. The van der Waals surface area contributed by atoms with E-state index in [0.29, 0.717) is 15.9 Å². The molecule has 24 heavy (non-hydrogen) atoms. The highest BCUT2D eigenvalue weighted by molar-refractivity contribution is 8.15. The van der Waals surface area contributed by atoms with Gasteiger partial charge in [0.1, 0.15) is 5.25 Å². The van der Waals surface area contributed by atoms with Crippen molar-refractivity contribution in [3.63, 3.8) is 0 Å². The summed E-state index contributed by atoms with van der Waals surface area (Å²) in [4.78, 5) is 28.6. The number of anilines is 1. The molecule has 1 aliphatic heterocycles. The number of para-hydroxylation sites is 1. The van der Waals surface area contributed by atoms with Crippen LogP contribution in [-0.2, 0) is 9.59 Å². The van der Waals surface area contributed by atoms with Crippen molar-refractivity contribution in [3.05, 3.63) is 59.6 Å². The van der Waals surface area contributed by atoms with Crippen molar-refractivity contribution in [2.75, 3.05) is 5.32 Å². The average molecular weight is 360 g/mol. The van der Waals surface area contributed by atoms with Gasteiger partial charge in [-0.2, -0.15) is 0 Å².